The molecule has 0 aromatic carbocycles. The van der Waals surface area contributed by atoms with Crippen LogP contribution in [0.5, 0.6) is 0 Å². The van der Waals surface area contributed by atoms with Crippen LogP contribution in [0.25, 0.3) is 0 Å². The smallest absolute Gasteiger partial charge is 0.154 e. The standard InChI is InChI=1S/C3H7.CF3.2CH4.Y/c1-3-2;2-1(3)4;;;/h3H,1-2H3;;2*1H4;/q2*-1;;;. The third-order valence-corrected chi connectivity index (χ3v) is 0. The SMILES string of the molecule is C.C.C[CH-]C.F[C-](F)F.[Y]. The van der Waals surface area contributed by atoms with Crippen LogP contribution in [0.15, 0.2) is 0 Å². The summed E-state index contributed by atoms with van der Waals surface area (Å²) in [4.78, 5) is 0. The van der Waals surface area contributed by atoms with Crippen LogP contribution in [-0.4, -0.2) is 0 Å². The maximum absolute atomic E-state index is 9.58. The van der Waals surface area contributed by atoms with E-state index in [1.807, 2.05) is 20.3 Å². The topological polar surface area (TPSA) is 0 Å². The molecule has 0 N–H and O–H groups in total. The van der Waals surface area contributed by atoms with Gasteiger partial charge >= 0.3 is 0 Å². The summed E-state index contributed by atoms with van der Waals surface area (Å²) in [5.41, 5.74) is 0. The van der Waals surface area contributed by atoms with Crippen LogP contribution in [0, 0.1) is 13.1 Å². The Balaban J connectivity index is -0.0000000131. The molecule has 0 unspecified atom stereocenters. The number of halogens is 3. The Morgan fingerprint density at radius 3 is 1.00 bits per heavy atom. The zero-order chi connectivity index (χ0) is 6.28. The molecular formula is C6H15F3Y-2. The van der Waals surface area contributed by atoms with E-state index in [1.165, 1.54) is 0 Å². The average Bonchev–Trinajstić information content (AvgIpc) is 1.33. The summed E-state index contributed by atoms with van der Waals surface area (Å²) in [6.45, 7) is 0.917. The maximum Gasteiger partial charge on any atom is 0.154 e. The molecule has 0 aliphatic heterocycles. The second-order valence-corrected chi connectivity index (χ2v) is 0.792. The fourth-order valence-corrected chi connectivity index (χ4v) is 0. The maximum atomic E-state index is 9.58. The van der Waals surface area contributed by atoms with Gasteiger partial charge in [-0.2, -0.15) is 13.8 Å². The Kier molecular flexibility index (Phi) is 100. The van der Waals surface area contributed by atoms with E-state index in [4.69, 9.17) is 0 Å². The zero-order valence-electron chi connectivity index (χ0n) is 4.79. The molecule has 0 saturated carbocycles. The zero-order valence-corrected chi connectivity index (χ0v) is 7.63. The predicted octanol–water partition coefficient (Wildman–Crippen LogP) is 3.84. The molecule has 0 bridgehead atoms. The summed E-state index contributed by atoms with van der Waals surface area (Å²) in [6.07, 6.45) is 2.00. The molecule has 1 radical (unpaired) electrons. The monoisotopic (exact) mass is 233 g/mol. The summed E-state index contributed by atoms with van der Waals surface area (Å²) in [6, 6.07) is 0. The van der Waals surface area contributed by atoms with E-state index in [0.717, 1.165) is 0 Å². The van der Waals surface area contributed by atoms with E-state index in [9.17, 15) is 13.2 Å². The molecule has 0 aromatic rings. The van der Waals surface area contributed by atoms with Gasteiger partial charge in [0, 0.05) is 32.7 Å². The molecule has 0 spiro atoms. The first-order chi connectivity index (χ1) is 3.15. The van der Waals surface area contributed by atoms with Gasteiger partial charge in [-0.3, -0.25) is 0 Å². The quantitative estimate of drug-likeness (QED) is 0.557. The van der Waals surface area contributed by atoms with E-state index >= 15 is 0 Å². The van der Waals surface area contributed by atoms with Crippen molar-refractivity contribution in [2.45, 2.75) is 28.7 Å². The molecule has 0 saturated heterocycles. The molecule has 0 rings (SSSR count). The Morgan fingerprint density at radius 1 is 1.00 bits per heavy atom. The van der Waals surface area contributed by atoms with Crippen molar-refractivity contribution in [3.05, 3.63) is 13.1 Å². The number of hydrogen-bond acceptors (Lipinski definition) is 0. The van der Waals surface area contributed by atoms with Crippen molar-refractivity contribution in [2.24, 2.45) is 0 Å². The van der Waals surface area contributed by atoms with Gasteiger partial charge in [-0.15, -0.1) is 0 Å². The molecule has 0 atom stereocenters. The van der Waals surface area contributed by atoms with Gasteiger partial charge < -0.3 is 19.6 Å². The summed E-state index contributed by atoms with van der Waals surface area (Å²) < 4.78 is 28.8. The molecule has 4 heteroatoms. The van der Waals surface area contributed by atoms with E-state index in [2.05, 4.69) is 0 Å². The van der Waals surface area contributed by atoms with Gasteiger partial charge in [-0.1, -0.05) is 14.9 Å². The van der Waals surface area contributed by atoms with Crippen LogP contribution in [0.4, 0.5) is 13.2 Å². The Morgan fingerprint density at radius 2 is 1.00 bits per heavy atom. The van der Waals surface area contributed by atoms with Crippen molar-refractivity contribution in [2.75, 3.05) is 0 Å². The predicted molar refractivity (Wildman–Crippen MR) is 35.7 cm³/mol. The van der Waals surface area contributed by atoms with Gasteiger partial charge in [0.15, 0.2) is 6.68 Å². The van der Waals surface area contributed by atoms with Crippen LogP contribution in [0.3, 0.4) is 0 Å². The van der Waals surface area contributed by atoms with Crippen molar-refractivity contribution in [3.63, 3.8) is 0 Å². The average molecular weight is 233 g/mol. The largest absolute Gasteiger partial charge is 0.385 e. The van der Waals surface area contributed by atoms with Gasteiger partial charge in [-0.25, -0.2) is 0 Å². The van der Waals surface area contributed by atoms with Crippen LogP contribution in [-0.2, 0) is 32.7 Å². The third-order valence-electron chi connectivity index (χ3n) is 0. The first-order valence-corrected chi connectivity index (χ1v) is 1.72. The van der Waals surface area contributed by atoms with Crippen molar-refractivity contribution >= 4 is 0 Å². The molecule has 0 fully saturated rings. The Hall–Kier alpha value is 0.894. The fourth-order valence-electron chi connectivity index (χ4n) is 0. The van der Waals surface area contributed by atoms with Gasteiger partial charge in [-0.05, 0) is 0 Å². The molecule has 10 heavy (non-hydrogen) atoms. The normalized spacial score (nSPS) is 5.40. The first kappa shape index (κ1) is 30.7. The summed E-state index contributed by atoms with van der Waals surface area (Å²) in [7, 11) is 0. The van der Waals surface area contributed by atoms with Crippen LogP contribution in [0.1, 0.15) is 28.7 Å². The summed E-state index contributed by atoms with van der Waals surface area (Å²) >= 11 is 0. The van der Waals surface area contributed by atoms with E-state index in [1.54, 1.807) is 0 Å². The van der Waals surface area contributed by atoms with Crippen molar-refractivity contribution in [1.29, 1.82) is 0 Å². The minimum absolute atomic E-state index is 0. The number of rotatable bonds is 0. The van der Waals surface area contributed by atoms with Crippen LogP contribution < -0.4 is 0 Å². The van der Waals surface area contributed by atoms with Gasteiger partial charge in [0.25, 0.3) is 0 Å². The molecule has 0 heterocycles. The van der Waals surface area contributed by atoms with Gasteiger partial charge in [0.05, 0.1) is 0 Å². The minimum atomic E-state index is -3.08. The molecule has 0 aliphatic carbocycles. The molecular weight excluding hydrogens is 218 g/mol. The van der Waals surface area contributed by atoms with E-state index in [0.29, 0.717) is 0 Å². The summed E-state index contributed by atoms with van der Waals surface area (Å²) in [5, 5.41) is 0. The fraction of sp³-hybridized carbons (Fsp3) is 0.667. The second-order valence-electron chi connectivity index (χ2n) is 0.792. The molecule has 65 valence electrons. The molecule has 0 amide bonds. The minimum Gasteiger partial charge on any atom is -0.385 e. The summed E-state index contributed by atoms with van der Waals surface area (Å²) in [5.74, 6) is 0. The molecule has 0 aliphatic rings. The Labute approximate surface area is 87.5 Å². The molecule has 0 nitrogen and oxygen atoms in total. The van der Waals surface area contributed by atoms with Crippen molar-refractivity contribution in [3.8, 4) is 0 Å². The third kappa shape index (κ3) is 694. The van der Waals surface area contributed by atoms with Crippen molar-refractivity contribution < 1.29 is 45.9 Å². The molecule has 0 aromatic heterocycles. The van der Waals surface area contributed by atoms with E-state index in [-0.39, 0.29) is 47.6 Å². The van der Waals surface area contributed by atoms with Gasteiger partial charge in [0.2, 0.25) is 0 Å². The van der Waals surface area contributed by atoms with Crippen molar-refractivity contribution in [1.82, 2.24) is 0 Å². The van der Waals surface area contributed by atoms with Gasteiger partial charge in [0.1, 0.15) is 0 Å². The van der Waals surface area contributed by atoms with Crippen LogP contribution >= 0.6 is 0 Å². The number of hydrogen-bond donors (Lipinski definition) is 0. The Bertz CT molecular complexity index is 24.2. The first-order valence-electron chi connectivity index (χ1n) is 1.72. The van der Waals surface area contributed by atoms with Crippen LogP contribution in [0.2, 0.25) is 0 Å². The second kappa shape index (κ2) is 32.7. The van der Waals surface area contributed by atoms with E-state index < -0.39 is 6.68 Å².